The van der Waals surface area contributed by atoms with E-state index in [0.717, 1.165) is 11.3 Å². The third kappa shape index (κ3) is 2.47. The van der Waals surface area contributed by atoms with E-state index in [9.17, 15) is 4.79 Å². The molecule has 1 aromatic heterocycles. The van der Waals surface area contributed by atoms with E-state index >= 15 is 0 Å². The zero-order valence-electron chi connectivity index (χ0n) is 9.69. The van der Waals surface area contributed by atoms with Crippen LogP contribution < -0.4 is 10.1 Å². The Balaban J connectivity index is 2.37. The molecule has 1 N–H and O–H groups in total. The smallest absolute Gasteiger partial charge is 0.221 e. The Labute approximate surface area is 99.2 Å². The van der Waals surface area contributed by atoms with Crippen LogP contribution in [0.1, 0.15) is 6.92 Å². The van der Waals surface area contributed by atoms with E-state index in [-0.39, 0.29) is 5.91 Å². The van der Waals surface area contributed by atoms with Gasteiger partial charge in [0.15, 0.2) is 0 Å². The van der Waals surface area contributed by atoms with Crippen molar-refractivity contribution in [2.45, 2.75) is 6.92 Å². The first kappa shape index (κ1) is 11.3. The minimum absolute atomic E-state index is 0.131. The molecule has 1 aromatic carbocycles. The van der Waals surface area contributed by atoms with Crippen LogP contribution in [-0.4, -0.2) is 13.0 Å². The second-order valence-corrected chi connectivity index (χ2v) is 3.57. The lowest BCUT2D eigenvalue weighted by molar-refractivity contribution is -0.114. The number of anilines is 1. The lowest BCUT2D eigenvalue weighted by Gasteiger charge is -2.09. The van der Waals surface area contributed by atoms with E-state index in [4.69, 9.17) is 9.15 Å². The van der Waals surface area contributed by atoms with Gasteiger partial charge in [-0.3, -0.25) is 4.79 Å². The summed E-state index contributed by atoms with van der Waals surface area (Å²) in [5.74, 6) is 1.24. The number of nitrogens with one attached hydrogen (secondary N) is 1. The maximum Gasteiger partial charge on any atom is 0.221 e. The van der Waals surface area contributed by atoms with Crippen LogP contribution in [0.3, 0.4) is 0 Å². The maximum atomic E-state index is 11.0. The monoisotopic (exact) mass is 231 g/mol. The van der Waals surface area contributed by atoms with Gasteiger partial charge in [0.1, 0.15) is 11.5 Å². The van der Waals surface area contributed by atoms with E-state index < -0.39 is 0 Å². The highest BCUT2D eigenvalue weighted by Crippen LogP contribution is 2.30. The van der Waals surface area contributed by atoms with Gasteiger partial charge in [-0.25, -0.2) is 0 Å². The molecule has 0 aliphatic carbocycles. The number of methoxy groups -OCH3 is 1. The molecule has 4 heteroatoms. The Morgan fingerprint density at radius 1 is 1.35 bits per heavy atom. The summed E-state index contributed by atoms with van der Waals surface area (Å²) in [4.78, 5) is 11.0. The molecule has 0 spiro atoms. The fraction of sp³-hybridized carbons (Fsp3) is 0.154. The van der Waals surface area contributed by atoms with Crippen molar-refractivity contribution >= 4 is 11.6 Å². The zero-order valence-corrected chi connectivity index (χ0v) is 9.69. The molecule has 1 amide bonds. The standard InChI is InChI=1S/C13H13NO3/c1-9(15)14-11-6-5-10(8-13(11)16-2)12-4-3-7-17-12/h3-8H,1-2H3,(H,14,15). The number of hydrogen-bond donors (Lipinski definition) is 1. The molecule has 0 radical (unpaired) electrons. The lowest BCUT2D eigenvalue weighted by Crippen LogP contribution is -2.07. The first-order chi connectivity index (χ1) is 8.20. The van der Waals surface area contributed by atoms with Crippen LogP contribution in [-0.2, 0) is 4.79 Å². The topological polar surface area (TPSA) is 51.5 Å². The minimum Gasteiger partial charge on any atom is -0.495 e. The molecule has 0 saturated carbocycles. The summed E-state index contributed by atoms with van der Waals surface area (Å²) >= 11 is 0. The number of carbonyl (C=O) groups excluding carboxylic acids is 1. The van der Waals surface area contributed by atoms with E-state index in [2.05, 4.69) is 5.32 Å². The largest absolute Gasteiger partial charge is 0.495 e. The summed E-state index contributed by atoms with van der Waals surface area (Å²) in [6.45, 7) is 1.46. The molecule has 4 nitrogen and oxygen atoms in total. The lowest BCUT2D eigenvalue weighted by atomic mass is 10.1. The van der Waals surface area contributed by atoms with Crippen molar-refractivity contribution < 1.29 is 13.9 Å². The number of hydrogen-bond acceptors (Lipinski definition) is 3. The van der Waals surface area contributed by atoms with E-state index in [0.29, 0.717) is 11.4 Å². The molecular formula is C13H13NO3. The van der Waals surface area contributed by atoms with Gasteiger partial charge in [-0.1, -0.05) is 0 Å². The van der Waals surface area contributed by atoms with E-state index in [1.54, 1.807) is 19.4 Å². The number of furan rings is 1. The van der Waals surface area contributed by atoms with Gasteiger partial charge in [0.2, 0.25) is 5.91 Å². The Hall–Kier alpha value is -2.23. The predicted molar refractivity (Wildman–Crippen MR) is 65.0 cm³/mol. The summed E-state index contributed by atoms with van der Waals surface area (Å²) < 4.78 is 10.5. The molecule has 0 aliphatic rings. The fourth-order valence-electron chi connectivity index (χ4n) is 1.58. The van der Waals surface area contributed by atoms with E-state index in [1.165, 1.54) is 6.92 Å². The minimum atomic E-state index is -0.131. The average molecular weight is 231 g/mol. The summed E-state index contributed by atoms with van der Waals surface area (Å²) in [5, 5.41) is 2.70. The highest BCUT2D eigenvalue weighted by atomic mass is 16.5. The van der Waals surface area contributed by atoms with Crippen molar-refractivity contribution in [1.82, 2.24) is 0 Å². The SMILES string of the molecule is COc1cc(-c2ccco2)ccc1NC(C)=O. The van der Waals surface area contributed by atoms with Crippen LogP contribution in [0, 0.1) is 0 Å². The third-order valence-electron chi connectivity index (χ3n) is 2.32. The van der Waals surface area contributed by atoms with Gasteiger partial charge in [0.25, 0.3) is 0 Å². The van der Waals surface area contributed by atoms with Crippen LogP contribution in [0.25, 0.3) is 11.3 Å². The third-order valence-corrected chi connectivity index (χ3v) is 2.32. The van der Waals surface area contributed by atoms with Gasteiger partial charge in [0.05, 0.1) is 19.1 Å². The quantitative estimate of drug-likeness (QED) is 0.883. The van der Waals surface area contributed by atoms with Crippen LogP contribution in [0.4, 0.5) is 5.69 Å². The average Bonchev–Trinajstić information content (AvgIpc) is 2.82. The first-order valence-electron chi connectivity index (χ1n) is 5.20. The highest BCUT2D eigenvalue weighted by molar-refractivity contribution is 5.91. The number of ether oxygens (including phenoxy) is 1. The molecule has 0 fully saturated rings. The molecule has 1 heterocycles. The van der Waals surface area contributed by atoms with Crippen molar-refractivity contribution in [3.05, 3.63) is 36.6 Å². The van der Waals surface area contributed by atoms with Gasteiger partial charge in [-0.2, -0.15) is 0 Å². The number of carbonyl (C=O) groups is 1. The van der Waals surface area contributed by atoms with Crippen LogP contribution in [0.15, 0.2) is 41.0 Å². The Bertz CT molecular complexity index is 517. The van der Waals surface area contributed by atoms with Crippen molar-refractivity contribution in [3.63, 3.8) is 0 Å². The van der Waals surface area contributed by atoms with Crippen LogP contribution in [0.5, 0.6) is 5.75 Å². The summed E-state index contributed by atoms with van der Waals surface area (Å²) in [6.07, 6.45) is 1.61. The van der Waals surface area contributed by atoms with Gasteiger partial charge in [0, 0.05) is 12.5 Å². The Kier molecular flexibility index (Phi) is 3.14. The molecule has 2 rings (SSSR count). The molecule has 0 bridgehead atoms. The molecule has 88 valence electrons. The van der Waals surface area contributed by atoms with Crippen molar-refractivity contribution in [2.24, 2.45) is 0 Å². The maximum absolute atomic E-state index is 11.0. The molecule has 0 unspecified atom stereocenters. The van der Waals surface area contributed by atoms with Crippen LogP contribution in [0.2, 0.25) is 0 Å². The normalized spacial score (nSPS) is 10.0. The molecular weight excluding hydrogens is 218 g/mol. The fourth-order valence-corrected chi connectivity index (χ4v) is 1.58. The van der Waals surface area contributed by atoms with E-state index in [1.807, 2.05) is 24.3 Å². The Morgan fingerprint density at radius 3 is 2.76 bits per heavy atom. The van der Waals surface area contributed by atoms with Crippen molar-refractivity contribution in [3.8, 4) is 17.1 Å². The second kappa shape index (κ2) is 4.74. The predicted octanol–water partition coefficient (Wildman–Crippen LogP) is 2.91. The molecule has 0 aliphatic heterocycles. The zero-order chi connectivity index (χ0) is 12.3. The summed E-state index contributed by atoms with van der Waals surface area (Å²) in [7, 11) is 1.56. The molecule has 2 aromatic rings. The van der Waals surface area contributed by atoms with Crippen molar-refractivity contribution in [1.29, 1.82) is 0 Å². The number of amides is 1. The number of benzene rings is 1. The van der Waals surface area contributed by atoms with Gasteiger partial charge in [-0.15, -0.1) is 0 Å². The van der Waals surface area contributed by atoms with Gasteiger partial charge >= 0.3 is 0 Å². The number of rotatable bonds is 3. The van der Waals surface area contributed by atoms with Crippen molar-refractivity contribution in [2.75, 3.05) is 12.4 Å². The molecule has 17 heavy (non-hydrogen) atoms. The van der Waals surface area contributed by atoms with Gasteiger partial charge in [-0.05, 0) is 30.3 Å². The molecule has 0 atom stereocenters. The highest BCUT2D eigenvalue weighted by Gasteiger charge is 2.08. The summed E-state index contributed by atoms with van der Waals surface area (Å²) in [5.41, 5.74) is 1.55. The first-order valence-corrected chi connectivity index (χ1v) is 5.20. The van der Waals surface area contributed by atoms with Gasteiger partial charge < -0.3 is 14.5 Å². The molecule has 0 saturated heterocycles. The summed E-state index contributed by atoms with van der Waals surface area (Å²) in [6, 6.07) is 9.17. The van der Waals surface area contributed by atoms with Crippen LogP contribution >= 0.6 is 0 Å². The second-order valence-electron chi connectivity index (χ2n) is 3.57. The Morgan fingerprint density at radius 2 is 2.18 bits per heavy atom.